The van der Waals surface area contributed by atoms with E-state index < -0.39 is 34.3 Å². The molecule has 1 unspecified atom stereocenters. The van der Waals surface area contributed by atoms with Crippen molar-refractivity contribution < 1.29 is 33.8 Å². The van der Waals surface area contributed by atoms with Crippen LogP contribution in [0.1, 0.15) is 156 Å². The largest absolute Gasteiger partial charge is 0.481 e. The Kier molecular flexibility index (Phi) is 10.1. The number of carboxylic acids is 1. The lowest BCUT2D eigenvalue weighted by Crippen LogP contribution is -2.68. The van der Waals surface area contributed by atoms with E-state index in [1.807, 2.05) is 32.9 Å². The Morgan fingerprint density at radius 1 is 0.810 bits per heavy atom. The summed E-state index contributed by atoms with van der Waals surface area (Å²) in [5, 5.41) is 16.1. The lowest BCUT2D eigenvalue weighted by Gasteiger charge is -2.72. The third kappa shape index (κ3) is 6.15. The van der Waals surface area contributed by atoms with Crippen LogP contribution in [0.25, 0.3) is 0 Å². The highest BCUT2D eigenvalue weighted by Crippen LogP contribution is 2.76. The molecule has 6 aliphatic rings. The van der Waals surface area contributed by atoms with Crippen molar-refractivity contribution in [2.45, 2.75) is 164 Å². The van der Waals surface area contributed by atoms with Gasteiger partial charge in [0.15, 0.2) is 5.78 Å². The quantitative estimate of drug-likeness (QED) is 0.223. The van der Waals surface area contributed by atoms with E-state index in [1.54, 1.807) is 26.0 Å². The Labute approximate surface area is 346 Å². The molecule has 0 radical (unpaired) electrons. The molecule has 0 bridgehead atoms. The Morgan fingerprint density at radius 2 is 1.47 bits per heavy atom. The number of allylic oxidation sites excluding steroid dienone is 1. The molecule has 0 aliphatic heterocycles. The fourth-order valence-electron chi connectivity index (χ4n) is 14.4. The van der Waals surface area contributed by atoms with E-state index in [-0.39, 0.29) is 69.6 Å². The zero-order valence-corrected chi connectivity index (χ0v) is 37.3. The average molecular weight is 799 g/mol. The average Bonchev–Trinajstić information content (AvgIpc) is 3.41. The fourth-order valence-corrected chi connectivity index (χ4v) is 14.4. The Morgan fingerprint density at radius 3 is 2.07 bits per heavy atom. The van der Waals surface area contributed by atoms with Gasteiger partial charge in [-0.05, 0) is 147 Å². The van der Waals surface area contributed by atoms with Crippen molar-refractivity contribution >= 4 is 29.5 Å². The number of hydrogen-bond acceptors (Lipinski definition) is 6. The Balaban J connectivity index is 1.13. The van der Waals surface area contributed by atoms with Crippen LogP contribution in [0.4, 0.5) is 0 Å². The first-order valence-corrected chi connectivity index (χ1v) is 22.2. The highest BCUT2D eigenvalue weighted by Gasteiger charge is 2.71. The maximum Gasteiger partial charge on any atom is 0.309 e. The molecule has 7 rings (SSSR count). The summed E-state index contributed by atoms with van der Waals surface area (Å²) in [4.78, 5) is 67.3. The first kappa shape index (κ1) is 42.6. The van der Waals surface area contributed by atoms with Gasteiger partial charge in [-0.25, -0.2) is 0 Å². The molecule has 3 N–H and O–H groups in total. The number of nitrogens with one attached hydrogen (secondary N) is 2. The van der Waals surface area contributed by atoms with E-state index in [2.05, 4.69) is 59.1 Å². The highest BCUT2D eigenvalue weighted by atomic mass is 16.5. The second kappa shape index (κ2) is 13.8. The molecule has 0 heterocycles. The van der Waals surface area contributed by atoms with Crippen LogP contribution in [0.5, 0.6) is 0 Å². The van der Waals surface area contributed by atoms with Crippen molar-refractivity contribution in [3.8, 4) is 0 Å². The summed E-state index contributed by atoms with van der Waals surface area (Å²) in [7, 11) is 0. The van der Waals surface area contributed by atoms with Gasteiger partial charge in [0.1, 0.15) is 11.6 Å². The van der Waals surface area contributed by atoms with E-state index in [1.165, 1.54) is 0 Å². The summed E-state index contributed by atoms with van der Waals surface area (Å²) >= 11 is 0. The molecule has 6 aliphatic carbocycles. The molecule has 10 atom stereocenters. The number of aliphatic carboxylic acids is 1. The van der Waals surface area contributed by atoms with E-state index in [0.29, 0.717) is 30.2 Å². The third-order valence-corrected chi connectivity index (χ3v) is 18.1. The van der Waals surface area contributed by atoms with Gasteiger partial charge < -0.3 is 20.5 Å². The van der Waals surface area contributed by atoms with Crippen LogP contribution in [0.3, 0.4) is 0 Å². The molecule has 0 saturated heterocycles. The van der Waals surface area contributed by atoms with Gasteiger partial charge in [-0.1, -0.05) is 80.0 Å². The predicted molar refractivity (Wildman–Crippen MR) is 223 cm³/mol. The van der Waals surface area contributed by atoms with Gasteiger partial charge in [-0.2, -0.15) is 0 Å². The molecule has 1 aromatic carbocycles. The van der Waals surface area contributed by atoms with Crippen LogP contribution in [0.15, 0.2) is 35.4 Å². The molecule has 0 spiro atoms. The number of carboxylic acid groups (broad SMARTS) is 1. The second-order valence-corrected chi connectivity index (χ2v) is 22.5. The van der Waals surface area contributed by atoms with Crippen LogP contribution in [-0.4, -0.2) is 51.8 Å². The summed E-state index contributed by atoms with van der Waals surface area (Å²) in [5.41, 5.74) is 0.649. The number of Topliss-reactive ketones (excluding diaryl/α,β-unsaturated/α-hetero) is 1. The lowest BCUT2D eigenvalue weighted by atomic mass is 9.33. The van der Waals surface area contributed by atoms with Crippen LogP contribution in [-0.2, 0) is 23.9 Å². The van der Waals surface area contributed by atoms with Gasteiger partial charge in [-0.3, -0.25) is 24.0 Å². The van der Waals surface area contributed by atoms with Crippen LogP contribution in [0.2, 0.25) is 0 Å². The van der Waals surface area contributed by atoms with Crippen molar-refractivity contribution in [2.24, 2.45) is 62.6 Å². The van der Waals surface area contributed by atoms with Crippen LogP contribution >= 0.6 is 0 Å². The van der Waals surface area contributed by atoms with Gasteiger partial charge in [0.05, 0.1) is 17.4 Å². The van der Waals surface area contributed by atoms with Gasteiger partial charge in [-0.15, -0.1) is 0 Å². The van der Waals surface area contributed by atoms with Crippen LogP contribution < -0.4 is 10.6 Å². The first-order valence-electron chi connectivity index (χ1n) is 22.2. The predicted octanol–water partition coefficient (Wildman–Crippen LogP) is 9.01. The Hall–Kier alpha value is -3.49. The third-order valence-electron chi connectivity index (χ3n) is 18.1. The molecular formula is C49H70N2O7. The van der Waals surface area contributed by atoms with E-state index >= 15 is 0 Å². The molecule has 5 saturated carbocycles. The van der Waals surface area contributed by atoms with E-state index in [9.17, 15) is 29.1 Å². The number of fused-ring (bicyclic) bond motifs is 7. The minimum atomic E-state index is -1.21. The van der Waals surface area contributed by atoms with Gasteiger partial charge >= 0.3 is 11.9 Å². The number of esters is 1. The Bertz CT molecular complexity index is 1940. The van der Waals surface area contributed by atoms with E-state index in [4.69, 9.17) is 4.74 Å². The summed E-state index contributed by atoms with van der Waals surface area (Å²) < 4.78 is 6.41. The van der Waals surface area contributed by atoms with Crippen molar-refractivity contribution in [3.63, 3.8) is 0 Å². The number of rotatable bonds is 8. The highest BCUT2D eigenvalue weighted by molar-refractivity contribution is 6.03. The fraction of sp³-hybridized carbons (Fsp3) is 0.735. The van der Waals surface area contributed by atoms with Crippen molar-refractivity contribution in [2.75, 3.05) is 0 Å². The maximum atomic E-state index is 14.4. The molecule has 0 aromatic heterocycles. The number of carbonyl (C=O) groups excluding carboxylic acids is 4. The van der Waals surface area contributed by atoms with Gasteiger partial charge in [0.25, 0.3) is 5.91 Å². The standard InChI is InChI=1S/C49H70N2O7/c1-27(2)37-33(52)26-49(51-42(57)45(8,9)50-39(53)29-15-13-28(3)14-16-29)24-23-47(11)30(38(37)49)17-18-35-46(10)21-20-36(44(6,7)34(46)19-22-48(35,47)12)58-41(56)32-25-31(40(54)55)43(32,4)5/h13-16,27,30-32,34-36H,17-26H2,1-12H3,(H,50,53)(H,51,57)(H,54,55)/t30-,31+,32?,34+,35-,36+,46+,47-,48-,49-/m1/s1. The number of amides is 2. The summed E-state index contributed by atoms with van der Waals surface area (Å²) in [6, 6.07) is 7.31. The number of hydrogen-bond donors (Lipinski definition) is 3. The van der Waals surface area contributed by atoms with Gasteiger partial charge in [0.2, 0.25) is 5.91 Å². The zero-order chi connectivity index (χ0) is 42.8. The van der Waals surface area contributed by atoms with Crippen molar-refractivity contribution in [3.05, 3.63) is 46.5 Å². The number of ether oxygens (including phenoxy) is 1. The smallest absolute Gasteiger partial charge is 0.309 e. The molecule has 5 fully saturated rings. The van der Waals surface area contributed by atoms with Gasteiger partial charge in [0, 0.05) is 17.4 Å². The second-order valence-electron chi connectivity index (χ2n) is 22.5. The molecule has 9 heteroatoms. The lowest BCUT2D eigenvalue weighted by molar-refractivity contribution is -0.235. The summed E-state index contributed by atoms with van der Waals surface area (Å²) in [6.45, 7) is 25.5. The minimum Gasteiger partial charge on any atom is -0.481 e. The normalized spacial score (nSPS) is 38.7. The number of benzene rings is 1. The number of ketones is 1. The first-order chi connectivity index (χ1) is 26.8. The number of aryl methyl sites for hydroxylation is 1. The topological polar surface area (TPSA) is 139 Å². The number of carbonyl (C=O) groups is 5. The van der Waals surface area contributed by atoms with Crippen molar-refractivity contribution in [1.82, 2.24) is 10.6 Å². The SMILES string of the molecule is Cc1ccc(C(=O)NC(C)(C)C(=O)N[C@@]23CC[C@]4(C)[C@H](CC[C@@H]5[C@@]6(C)CC[C@H](OC(=O)C7C[C@@H](C(=O)O)C7(C)C)C(C)(C)[C@@H]6CC[C@]54C)C2=C(C(C)C)C(=O)C3)cc1. The van der Waals surface area contributed by atoms with Crippen LogP contribution in [0, 0.1) is 69.5 Å². The molecular weight excluding hydrogens is 729 g/mol. The molecule has 318 valence electrons. The monoisotopic (exact) mass is 799 g/mol. The molecule has 2 amide bonds. The molecule has 9 nitrogen and oxygen atoms in total. The van der Waals surface area contributed by atoms with E-state index in [0.717, 1.165) is 61.7 Å². The zero-order valence-electron chi connectivity index (χ0n) is 37.3. The molecule has 58 heavy (non-hydrogen) atoms. The maximum absolute atomic E-state index is 14.4. The van der Waals surface area contributed by atoms with Crippen molar-refractivity contribution in [1.29, 1.82) is 0 Å². The minimum absolute atomic E-state index is 0.0132. The molecule has 1 aromatic rings. The summed E-state index contributed by atoms with van der Waals surface area (Å²) in [5.74, 6) is -1.51. The summed E-state index contributed by atoms with van der Waals surface area (Å²) in [6.07, 6.45) is 7.75.